The largest absolute Gasteiger partial charge is 0.502 e. The number of hydrogen-bond donors (Lipinski definition) is 2. The molecule has 106 valence electrons. The third-order valence-electron chi connectivity index (χ3n) is 3.94. The van der Waals surface area contributed by atoms with Crippen LogP contribution in [0.25, 0.3) is 0 Å². The molecule has 0 fully saturated rings. The summed E-state index contributed by atoms with van der Waals surface area (Å²) in [5.41, 5.74) is 6.21. The zero-order chi connectivity index (χ0) is 14.6. The van der Waals surface area contributed by atoms with Crippen LogP contribution < -0.4 is 0 Å². The van der Waals surface area contributed by atoms with Crippen molar-refractivity contribution in [2.45, 2.75) is 19.3 Å². The lowest BCUT2D eigenvalue weighted by Gasteiger charge is -2.24. The molecule has 3 aromatic rings. The fourth-order valence-corrected chi connectivity index (χ4v) is 3.79. The van der Waals surface area contributed by atoms with Gasteiger partial charge in [0.2, 0.25) is 5.75 Å². The molecule has 0 saturated carbocycles. The molecule has 2 aromatic heterocycles. The van der Waals surface area contributed by atoms with Crippen LogP contribution in [0.3, 0.4) is 0 Å². The fraction of sp³-hybridized carbons (Fsp3) is 0.188. The number of fused-ring (bicyclic) bond motifs is 2. The van der Waals surface area contributed by atoms with E-state index in [0.29, 0.717) is 5.76 Å². The topological polar surface area (TPSA) is 66.5 Å². The monoisotopic (exact) mass is 299 g/mol. The molecule has 0 amide bonds. The molecule has 1 aromatic carbocycles. The number of nitrogens with zero attached hydrogens (tertiary/aromatic N) is 1. The molecule has 2 heterocycles. The number of hydrogen-bond acceptors (Lipinski definition) is 5. The van der Waals surface area contributed by atoms with E-state index in [1.807, 2.05) is 11.6 Å². The van der Waals surface area contributed by atoms with Crippen molar-refractivity contribution in [1.29, 1.82) is 0 Å². The van der Waals surface area contributed by atoms with Crippen LogP contribution in [-0.4, -0.2) is 15.2 Å². The van der Waals surface area contributed by atoms with Gasteiger partial charge < -0.3 is 14.6 Å². The Morgan fingerprint density at radius 2 is 2.19 bits per heavy atom. The maximum Gasteiger partial charge on any atom is 0.201 e. The van der Waals surface area contributed by atoms with E-state index < -0.39 is 0 Å². The zero-order valence-corrected chi connectivity index (χ0v) is 12.1. The highest BCUT2D eigenvalue weighted by Gasteiger charge is 2.34. The first kappa shape index (κ1) is 12.5. The van der Waals surface area contributed by atoms with Crippen molar-refractivity contribution in [2.75, 3.05) is 0 Å². The second-order valence-corrected chi connectivity index (χ2v) is 6.25. The van der Waals surface area contributed by atoms with Crippen LogP contribution in [0.4, 0.5) is 0 Å². The molecule has 0 aliphatic heterocycles. The summed E-state index contributed by atoms with van der Waals surface area (Å²) in [6.45, 7) is 2.06. The highest BCUT2D eigenvalue weighted by Crippen LogP contribution is 2.47. The molecule has 5 heteroatoms. The van der Waals surface area contributed by atoms with Gasteiger partial charge in [-0.1, -0.05) is 23.8 Å². The Morgan fingerprint density at radius 3 is 2.95 bits per heavy atom. The number of aromatic nitrogens is 1. The normalized spacial score (nSPS) is 16.5. The molecule has 4 rings (SSSR count). The Labute approximate surface area is 125 Å². The molecule has 1 aliphatic carbocycles. The van der Waals surface area contributed by atoms with Crippen molar-refractivity contribution in [2.24, 2.45) is 0 Å². The summed E-state index contributed by atoms with van der Waals surface area (Å²) in [5.74, 6) is -0.352. The summed E-state index contributed by atoms with van der Waals surface area (Å²) in [4.78, 5) is 5.63. The zero-order valence-electron chi connectivity index (χ0n) is 11.3. The maximum absolute atomic E-state index is 10.1. The van der Waals surface area contributed by atoms with E-state index in [0.717, 1.165) is 17.7 Å². The van der Waals surface area contributed by atoms with Crippen LogP contribution in [0, 0.1) is 6.92 Å². The maximum atomic E-state index is 10.1. The van der Waals surface area contributed by atoms with Gasteiger partial charge in [-0.2, -0.15) is 0 Å². The summed E-state index contributed by atoms with van der Waals surface area (Å²) in [7, 11) is 0. The van der Waals surface area contributed by atoms with Crippen LogP contribution in [0.1, 0.15) is 38.9 Å². The lowest BCUT2D eigenvalue weighted by Crippen LogP contribution is -2.14. The Kier molecular flexibility index (Phi) is 2.59. The van der Waals surface area contributed by atoms with E-state index in [-0.39, 0.29) is 17.4 Å². The second-order valence-electron chi connectivity index (χ2n) is 5.31. The molecule has 0 radical (unpaired) electrons. The lowest BCUT2D eigenvalue weighted by atomic mass is 9.82. The smallest absolute Gasteiger partial charge is 0.201 e. The molecular formula is C16H13NO3S. The molecule has 1 atom stereocenters. The number of thiazole rings is 1. The molecule has 0 saturated heterocycles. The number of benzene rings is 1. The van der Waals surface area contributed by atoms with Gasteiger partial charge in [-0.15, -0.1) is 11.3 Å². The first-order valence-electron chi connectivity index (χ1n) is 6.66. The fourth-order valence-electron chi connectivity index (χ4n) is 2.96. The van der Waals surface area contributed by atoms with Crippen molar-refractivity contribution in [3.05, 3.63) is 63.0 Å². The lowest BCUT2D eigenvalue weighted by molar-refractivity contribution is 0.400. The number of rotatable bonds is 1. The van der Waals surface area contributed by atoms with E-state index in [9.17, 15) is 10.2 Å². The third kappa shape index (κ3) is 1.77. The molecule has 4 nitrogen and oxygen atoms in total. The summed E-state index contributed by atoms with van der Waals surface area (Å²) in [6.07, 6.45) is 2.01. The summed E-state index contributed by atoms with van der Waals surface area (Å²) >= 11 is 1.61. The van der Waals surface area contributed by atoms with Crippen LogP contribution in [0.5, 0.6) is 11.5 Å². The standard InChI is InChI=1S/C16H13NO3S/c1-8-2-3-10-9(4-8)5-12-14(17-7-21-12)13(10)16-15(19)11(18)6-20-16/h2-4,6-7,13,18-19H,5H2,1H3. The Morgan fingerprint density at radius 1 is 1.33 bits per heavy atom. The van der Waals surface area contributed by atoms with Gasteiger partial charge in [-0.3, -0.25) is 0 Å². The average molecular weight is 299 g/mol. The predicted molar refractivity (Wildman–Crippen MR) is 79.1 cm³/mol. The first-order chi connectivity index (χ1) is 10.1. The Bertz CT molecular complexity index is 834. The SMILES string of the molecule is Cc1ccc2c(c1)Cc1scnc1C2c1occ(O)c1O. The van der Waals surface area contributed by atoms with E-state index in [2.05, 4.69) is 24.0 Å². The molecule has 0 bridgehead atoms. The van der Waals surface area contributed by atoms with Gasteiger partial charge in [0.05, 0.1) is 17.1 Å². The summed E-state index contributed by atoms with van der Waals surface area (Å²) in [6, 6.07) is 6.25. The Hall–Kier alpha value is -2.27. The van der Waals surface area contributed by atoms with Crippen molar-refractivity contribution >= 4 is 11.3 Å². The minimum atomic E-state index is -0.267. The van der Waals surface area contributed by atoms with Crippen molar-refractivity contribution in [3.8, 4) is 11.5 Å². The quantitative estimate of drug-likeness (QED) is 0.564. The van der Waals surface area contributed by atoms with Crippen LogP contribution >= 0.6 is 11.3 Å². The van der Waals surface area contributed by atoms with Crippen LogP contribution in [0.15, 0.2) is 34.4 Å². The molecular weight excluding hydrogens is 286 g/mol. The number of furan rings is 1. The molecule has 1 unspecified atom stereocenters. The molecule has 1 aliphatic rings. The van der Waals surface area contributed by atoms with Gasteiger partial charge in [-0.05, 0) is 18.1 Å². The minimum absolute atomic E-state index is 0.202. The van der Waals surface area contributed by atoms with Gasteiger partial charge in [0.15, 0.2) is 11.5 Å². The molecule has 21 heavy (non-hydrogen) atoms. The Balaban J connectivity index is 1.98. The van der Waals surface area contributed by atoms with Gasteiger partial charge >= 0.3 is 0 Å². The van der Waals surface area contributed by atoms with Crippen LogP contribution in [0.2, 0.25) is 0 Å². The van der Waals surface area contributed by atoms with Gasteiger partial charge in [0.25, 0.3) is 0 Å². The van der Waals surface area contributed by atoms with Gasteiger partial charge in [0.1, 0.15) is 6.26 Å². The van der Waals surface area contributed by atoms with Crippen LogP contribution in [-0.2, 0) is 6.42 Å². The number of aromatic hydroxyl groups is 2. The first-order valence-corrected chi connectivity index (χ1v) is 7.54. The highest BCUT2D eigenvalue weighted by atomic mass is 32.1. The van der Waals surface area contributed by atoms with Crippen molar-refractivity contribution < 1.29 is 14.6 Å². The minimum Gasteiger partial charge on any atom is -0.502 e. The van der Waals surface area contributed by atoms with Crippen molar-refractivity contribution in [1.82, 2.24) is 4.98 Å². The molecule has 0 spiro atoms. The second kappa shape index (κ2) is 4.36. The van der Waals surface area contributed by atoms with Crippen molar-refractivity contribution in [3.63, 3.8) is 0 Å². The molecule has 2 N–H and O–H groups in total. The average Bonchev–Trinajstić information content (AvgIpc) is 3.04. The summed E-state index contributed by atoms with van der Waals surface area (Å²) in [5, 5.41) is 19.7. The predicted octanol–water partition coefficient (Wildman–Crippen LogP) is 3.54. The number of aryl methyl sites for hydroxylation is 1. The van der Waals surface area contributed by atoms with E-state index in [1.54, 1.807) is 11.3 Å². The van der Waals surface area contributed by atoms with E-state index in [1.165, 1.54) is 22.3 Å². The van der Waals surface area contributed by atoms with Gasteiger partial charge in [0, 0.05) is 11.3 Å². The van der Waals surface area contributed by atoms with E-state index in [4.69, 9.17) is 4.42 Å². The summed E-state index contributed by atoms with van der Waals surface area (Å²) < 4.78 is 5.41. The third-order valence-corrected chi connectivity index (χ3v) is 4.79. The van der Waals surface area contributed by atoms with Gasteiger partial charge in [-0.25, -0.2) is 4.98 Å². The van der Waals surface area contributed by atoms with E-state index >= 15 is 0 Å². The highest BCUT2D eigenvalue weighted by molar-refractivity contribution is 7.09.